The second-order valence-corrected chi connectivity index (χ2v) is 10.0. The number of rotatable bonds is 3. The van der Waals surface area contributed by atoms with Crippen molar-refractivity contribution in [2.24, 2.45) is 0 Å². The van der Waals surface area contributed by atoms with Crippen LogP contribution >= 0.6 is 11.8 Å². The Kier molecular flexibility index (Phi) is 5.09. The van der Waals surface area contributed by atoms with Gasteiger partial charge in [-0.2, -0.15) is 11.8 Å². The maximum absolute atomic E-state index is 6.21. The van der Waals surface area contributed by atoms with Crippen molar-refractivity contribution in [1.82, 2.24) is 4.90 Å². The van der Waals surface area contributed by atoms with Gasteiger partial charge in [-0.25, -0.2) is 0 Å². The van der Waals surface area contributed by atoms with Crippen LogP contribution in [0.25, 0.3) is 0 Å². The summed E-state index contributed by atoms with van der Waals surface area (Å²) in [6.07, 6.45) is 0. The van der Waals surface area contributed by atoms with Crippen molar-refractivity contribution in [3.05, 3.63) is 29.3 Å². The van der Waals surface area contributed by atoms with Crippen LogP contribution in [0, 0.1) is 6.92 Å². The van der Waals surface area contributed by atoms with E-state index in [1.54, 1.807) is 0 Å². The Labute approximate surface area is 158 Å². The quantitative estimate of drug-likeness (QED) is 0.767. The van der Waals surface area contributed by atoms with Crippen LogP contribution in [-0.2, 0) is 14.8 Å². The molecule has 2 aliphatic rings. The van der Waals surface area contributed by atoms with Crippen LogP contribution in [0.4, 0.5) is 0 Å². The van der Waals surface area contributed by atoms with Gasteiger partial charge in [-0.3, -0.25) is 4.90 Å². The van der Waals surface area contributed by atoms with Gasteiger partial charge in [0.25, 0.3) is 0 Å². The predicted molar refractivity (Wildman–Crippen MR) is 109 cm³/mol. The van der Waals surface area contributed by atoms with E-state index in [0.29, 0.717) is 0 Å². The number of hydrogen-bond donors (Lipinski definition) is 0. The Morgan fingerprint density at radius 2 is 1.60 bits per heavy atom. The minimum atomic E-state index is -0.297. The van der Waals surface area contributed by atoms with Crippen molar-refractivity contribution in [2.45, 2.75) is 65.2 Å². The molecule has 1 aromatic rings. The molecule has 0 saturated carbocycles. The maximum atomic E-state index is 6.21. The third-order valence-electron chi connectivity index (χ3n) is 6.24. The fourth-order valence-electron chi connectivity index (χ4n) is 3.79. The predicted octanol–water partition coefficient (Wildman–Crippen LogP) is 3.58. The first-order valence-electron chi connectivity index (χ1n) is 9.34. The van der Waals surface area contributed by atoms with E-state index in [4.69, 9.17) is 9.31 Å². The lowest BCUT2D eigenvalue weighted by molar-refractivity contribution is 0.00578. The van der Waals surface area contributed by atoms with Crippen LogP contribution < -0.4 is 5.46 Å². The second kappa shape index (κ2) is 6.59. The molecule has 138 valence electrons. The summed E-state index contributed by atoms with van der Waals surface area (Å²) >= 11 is 2.06. The summed E-state index contributed by atoms with van der Waals surface area (Å²) in [5.74, 6) is 2.46. The normalized spacial score (nSPS) is 23.9. The molecule has 2 saturated heterocycles. The molecular weight excluding hydrogens is 329 g/mol. The Bertz CT molecular complexity index is 623. The van der Waals surface area contributed by atoms with Gasteiger partial charge < -0.3 is 9.31 Å². The molecule has 0 unspecified atom stereocenters. The smallest absolute Gasteiger partial charge is 0.399 e. The molecule has 0 radical (unpaired) electrons. The monoisotopic (exact) mass is 361 g/mol. The van der Waals surface area contributed by atoms with Crippen molar-refractivity contribution in [2.75, 3.05) is 24.6 Å². The molecule has 0 aromatic heterocycles. The Morgan fingerprint density at radius 3 is 2.12 bits per heavy atom. The van der Waals surface area contributed by atoms with E-state index < -0.39 is 0 Å². The average Bonchev–Trinajstić information content (AvgIpc) is 2.76. The number of aryl methyl sites for hydroxylation is 1. The lowest BCUT2D eigenvalue weighted by Gasteiger charge is -2.42. The summed E-state index contributed by atoms with van der Waals surface area (Å²) in [6.45, 7) is 17.6. The summed E-state index contributed by atoms with van der Waals surface area (Å²) in [4.78, 5) is 2.61. The molecule has 2 aliphatic heterocycles. The molecule has 0 bridgehead atoms. The van der Waals surface area contributed by atoms with Gasteiger partial charge >= 0.3 is 7.12 Å². The number of nitrogens with zero attached hydrogens (tertiary/aromatic N) is 1. The van der Waals surface area contributed by atoms with Gasteiger partial charge in [0.2, 0.25) is 0 Å². The molecule has 0 amide bonds. The summed E-state index contributed by atoms with van der Waals surface area (Å²) in [5.41, 5.74) is 3.30. The molecule has 0 spiro atoms. The van der Waals surface area contributed by atoms with E-state index in [1.807, 2.05) is 0 Å². The molecule has 5 heteroatoms. The zero-order valence-electron chi connectivity index (χ0n) is 16.8. The standard InChI is InChI=1S/C20H32BNO2S/c1-15-14-16(21-23-19(4,5)20(6,7)24-21)8-9-17(15)18(2,3)22-10-12-25-13-11-22/h8-9,14H,10-13H2,1-7H3. The van der Waals surface area contributed by atoms with E-state index in [1.165, 1.54) is 22.6 Å². The Hall–Kier alpha value is -0.485. The molecule has 1 aromatic carbocycles. The van der Waals surface area contributed by atoms with Crippen molar-refractivity contribution in [3.8, 4) is 0 Å². The highest BCUT2D eigenvalue weighted by atomic mass is 32.2. The van der Waals surface area contributed by atoms with Gasteiger partial charge in [0.05, 0.1) is 11.2 Å². The minimum absolute atomic E-state index is 0.0551. The van der Waals surface area contributed by atoms with Gasteiger partial charge in [-0.15, -0.1) is 0 Å². The van der Waals surface area contributed by atoms with Crippen molar-refractivity contribution >= 4 is 24.3 Å². The Morgan fingerprint density at radius 1 is 1.04 bits per heavy atom. The summed E-state index contributed by atoms with van der Waals surface area (Å²) in [5, 5.41) is 0. The van der Waals surface area contributed by atoms with Gasteiger partial charge in [0, 0.05) is 30.1 Å². The van der Waals surface area contributed by atoms with Crippen molar-refractivity contribution in [1.29, 1.82) is 0 Å². The molecule has 3 nitrogen and oxygen atoms in total. The molecule has 25 heavy (non-hydrogen) atoms. The van der Waals surface area contributed by atoms with Crippen LogP contribution in [0.1, 0.15) is 52.7 Å². The highest BCUT2D eigenvalue weighted by Gasteiger charge is 2.51. The first-order chi connectivity index (χ1) is 11.5. The maximum Gasteiger partial charge on any atom is 0.494 e. The minimum Gasteiger partial charge on any atom is -0.399 e. The number of thioether (sulfide) groups is 1. The molecule has 0 N–H and O–H groups in total. The van der Waals surface area contributed by atoms with Crippen LogP contribution in [0.2, 0.25) is 0 Å². The Balaban J connectivity index is 1.84. The van der Waals surface area contributed by atoms with Gasteiger partial charge in [0.1, 0.15) is 0 Å². The fourth-order valence-corrected chi connectivity index (χ4v) is 4.69. The first kappa shape index (κ1) is 19.3. The van der Waals surface area contributed by atoms with Gasteiger partial charge in [-0.1, -0.05) is 18.2 Å². The van der Waals surface area contributed by atoms with E-state index in [0.717, 1.165) is 18.6 Å². The van der Waals surface area contributed by atoms with E-state index in [9.17, 15) is 0 Å². The lowest BCUT2D eigenvalue weighted by Crippen LogP contribution is -2.46. The largest absolute Gasteiger partial charge is 0.494 e. The van der Waals surface area contributed by atoms with E-state index in [-0.39, 0.29) is 23.9 Å². The lowest BCUT2D eigenvalue weighted by atomic mass is 9.76. The topological polar surface area (TPSA) is 21.7 Å². The molecular formula is C20H32BNO2S. The average molecular weight is 361 g/mol. The highest BCUT2D eigenvalue weighted by Crippen LogP contribution is 2.37. The highest BCUT2D eigenvalue weighted by molar-refractivity contribution is 7.99. The second-order valence-electron chi connectivity index (χ2n) is 8.82. The first-order valence-corrected chi connectivity index (χ1v) is 10.5. The number of benzene rings is 1. The molecule has 2 fully saturated rings. The fraction of sp³-hybridized carbons (Fsp3) is 0.700. The van der Waals surface area contributed by atoms with Crippen LogP contribution in [-0.4, -0.2) is 47.8 Å². The third-order valence-corrected chi connectivity index (χ3v) is 7.18. The SMILES string of the molecule is Cc1cc(B2OC(C)(C)C(C)(C)O2)ccc1C(C)(C)N1CCSCC1. The summed E-state index contributed by atoms with van der Waals surface area (Å²) in [6, 6.07) is 6.71. The van der Waals surface area contributed by atoms with Crippen molar-refractivity contribution < 1.29 is 9.31 Å². The zero-order chi connectivity index (χ0) is 18.5. The molecule has 0 aliphatic carbocycles. The zero-order valence-corrected chi connectivity index (χ0v) is 17.6. The summed E-state index contributed by atoms with van der Waals surface area (Å²) in [7, 11) is -0.285. The van der Waals surface area contributed by atoms with Crippen LogP contribution in [0.5, 0.6) is 0 Å². The molecule has 3 rings (SSSR count). The van der Waals surface area contributed by atoms with Crippen LogP contribution in [0.3, 0.4) is 0 Å². The number of hydrogen-bond acceptors (Lipinski definition) is 4. The van der Waals surface area contributed by atoms with Gasteiger partial charge in [-0.05, 0) is 65.1 Å². The van der Waals surface area contributed by atoms with Crippen LogP contribution in [0.15, 0.2) is 18.2 Å². The summed E-state index contributed by atoms with van der Waals surface area (Å²) < 4.78 is 12.4. The van der Waals surface area contributed by atoms with Crippen molar-refractivity contribution in [3.63, 3.8) is 0 Å². The van der Waals surface area contributed by atoms with E-state index in [2.05, 4.69) is 83.3 Å². The van der Waals surface area contributed by atoms with E-state index >= 15 is 0 Å². The molecule has 2 heterocycles. The molecule has 0 atom stereocenters. The third kappa shape index (κ3) is 3.53. The van der Waals surface area contributed by atoms with Gasteiger partial charge in [0.15, 0.2) is 0 Å².